The van der Waals surface area contributed by atoms with Crippen molar-refractivity contribution >= 4 is 0 Å². The molecule has 3 fully saturated rings. The van der Waals surface area contributed by atoms with Crippen LogP contribution in [0.25, 0.3) is 0 Å². The largest absolute Gasteiger partial charge is 0.449 e. The van der Waals surface area contributed by atoms with Crippen LogP contribution in [0.15, 0.2) is 16.9 Å². The summed E-state index contributed by atoms with van der Waals surface area (Å²) in [5, 5.41) is 0. The Morgan fingerprint density at radius 1 is 1.15 bits per heavy atom. The van der Waals surface area contributed by atoms with Gasteiger partial charge >= 0.3 is 0 Å². The average Bonchev–Trinajstić information content (AvgIpc) is 3.26. The zero-order valence-corrected chi connectivity index (χ0v) is 16.8. The molecule has 2 aliphatic heterocycles. The minimum absolute atomic E-state index is 0.378. The Morgan fingerprint density at radius 2 is 1.92 bits per heavy atom. The topological polar surface area (TPSA) is 32.5 Å². The highest BCUT2D eigenvalue weighted by Crippen LogP contribution is 2.49. The lowest BCUT2D eigenvalue weighted by atomic mass is 9.70. The first-order valence-corrected chi connectivity index (χ1v) is 11.0. The van der Waals surface area contributed by atoms with Gasteiger partial charge in [-0.05, 0) is 56.0 Å². The fourth-order valence-electron chi connectivity index (χ4n) is 5.90. The van der Waals surface area contributed by atoms with Crippen molar-refractivity contribution in [3.05, 3.63) is 18.4 Å². The van der Waals surface area contributed by atoms with Crippen molar-refractivity contribution in [3.8, 4) is 0 Å². The smallest absolute Gasteiger partial charge is 0.198 e. The van der Waals surface area contributed by atoms with Gasteiger partial charge in [-0.2, -0.15) is 0 Å². The van der Waals surface area contributed by atoms with E-state index in [1.807, 2.05) is 6.20 Å². The number of nitrogens with zero attached hydrogens (tertiary/aromatic N) is 3. The maximum Gasteiger partial charge on any atom is 0.198 e. The molecule has 1 saturated carbocycles. The van der Waals surface area contributed by atoms with Crippen LogP contribution in [0.5, 0.6) is 0 Å². The molecule has 26 heavy (non-hydrogen) atoms. The number of hydrogen-bond acceptors (Lipinski definition) is 4. The normalized spacial score (nSPS) is 28.3. The van der Waals surface area contributed by atoms with Crippen LogP contribution in [-0.2, 0) is 0 Å². The van der Waals surface area contributed by atoms with Gasteiger partial charge in [0.1, 0.15) is 6.26 Å². The Labute approximate surface area is 159 Å². The van der Waals surface area contributed by atoms with Crippen LogP contribution in [-0.4, -0.2) is 54.1 Å². The predicted molar refractivity (Wildman–Crippen MR) is 105 cm³/mol. The van der Waals surface area contributed by atoms with Crippen LogP contribution in [0.4, 0.5) is 0 Å². The van der Waals surface area contributed by atoms with Gasteiger partial charge in [-0.3, -0.25) is 0 Å². The summed E-state index contributed by atoms with van der Waals surface area (Å²) < 4.78 is 5.80. The summed E-state index contributed by atoms with van der Waals surface area (Å²) in [6, 6.07) is 0. The molecule has 0 N–H and O–H groups in total. The fourth-order valence-corrected chi connectivity index (χ4v) is 5.90. The van der Waals surface area contributed by atoms with E-state index in [1.165, 1.54) is 77.7 Å². The molecule has 1 aliphatic carbocycles. The standard InChI is InChI=1S/C22H37N3O/c1-18(2)14-25-16-20(21-23-10-13-26-21)22(17-25)8-11-24(12-9-22)15-19-6-4-3-5-7-19/h10,13,18-20H,3-9,11-12,14-17H2,1-2H3. The number of hydrogen-bond donors (Lipinski definition) is 0. The molecule has 3 heterocycles. The number of likely N-dealkylation sites (tertiary alicyclic amines) is 2. The molecule has 2 saturated heterocycles. The monoisotopic (exact) mass is 359 g/mol. The summed E-state index contributed by atoms with van der Waals surface area (Å²) in [5.74, 6) is 3.15. The maximum absolute atomic E-state index is 5.80. The highest BCUT2D eigenvalue weighted by molar-refractivity contribution is 5.11. The Morgan fingerprint density at radius 3 is 2.58 bits per heavy atom. The summed E-state index contributed by atoms with van der Waals surface area (Å²) in [6.07, 6.45) is 13.5. The maximum atomic E-state index is 5.80. The molecule has 1 aromatic heterocycles. The molecule has 4 rings (SSSR count). The van der Waals surface area contributed by atoms with Crippen LogP contribution >= 0.6 is 0 Å². The van der Waals surface area contributed by atoms with Gasteiger partial charge < -0.3 is 14.2 Å². The highest BCUT2D eigenvalue weighted by Gasteiger charge is 2.50. The van der Waals surface area contributed by atoms with E-state index in [0.717, 1.165) is 24.3 Å². The zero-order valence-electron chi connectivity index (χ0n) is 16.8. The van der Waals surface area contributed by atoms with E-state index in [1.54, 1.807) is 6.26 Å². The number of aromatic nitrogens is 1. The molecule has 1 aromatic rings. The second-order valence-electron chi connectivity index (χ2n) is 9.68. The van der Waals surface area contributed by atoms with Crippen LogP contribution in [0.3, 0.4) is 0 Å². The Bertz CT molecular complexity index is 542. The lowest BCUT2D eigenvalue weighted by Crippen LogP contribution is -2.45. The van der Waals surface area contributed by atoms with Crippen molar-refractivity contribution in [1.29, 1.82) is 0 Å². The summed E-state index contributed by atoms with van der Waals surface area (Å²) >= 11 is 0. The van der Waals surface area contributed by atoms with Crippen molar-refractivity contribution in [2.75, 3.05) is 39.3 Å². The van der Waals surface area contributed by atoms with Gasteiger partial charge in [-0.25, -0.2) is 4.98 Å². The van der Waals surface area contributed by atoms with Gasteiger partial charge in [0, 0.05) is 26.2 Å². The van der Waals surface area contributed by atoms with Crippen molar-refractivity contribution in [2.45, 2.75) is 64.7 Å². The molecule has 0 amide bonds. The Balaban J connectivity index is 1.40. The third-order valence-corrected chi connectivity index (χ3v) is 7.18. The number of piperidine rings is 1. The predicted octanol–water partition coefficient (Wildman–Crippen LogP) is 4.39. The second kappa shape index (κ2) is 8.02. The van der Waals surface area contributed by atoms with Crippen molar-refractivity contribution < 1.29 is 4.42 Å². The van der Waals surface area contributed by atoms with Crippen molar-refractivity contribution in [1.82, 2.24) is 14.8 Å². The van der Waals surface area contributed by atoms with Crippen molar-refractivity contribution in [3.63, 3.8) is 0 Å². The van der Waals surface area contributed by atoms with E-state index in [0.29, 0.717) is 11.3 Å². The molecule has 0 radical (unpaired) electrons. The molecule has 146 valence electrons. The lowest BCUT2D eigenvalue weighted by Gasteiger charge is -2.43. The lowest BCUT2D eigenvalue weighted by molar-refractivity contribution is 0.0744. The molecule has 3 aliphatic rings. The zero-order chi connectivity index (χ0) is 18.0. The van der Waals surface area contributed by atoms with Crippen LogP contribution in [0, 0.1) is 17.3 Å². The molecule has 1 unspecified atom stereocenters. The number of rotatable bonds is 5. The quantitative estimate of drug-likeness (QED) is 0.780. The molecule has 1 spiro atoms. The molecular weight excluding hydrogens is 322 g/mol. The first kappa shape index (κ1) is 18.5. The van der Waals surface area contributed by atoms with E-state index < -0.39 is 0 Å². The van der Waals surface area contributed by atoms with E-state index in [9.17, 15) is 0 Å². The molecule has 4 heteroatoms. The SMILES string of the molecule is CC(C)CN1CC(c2ncco2)C2(CCN(CC3CCCCC3)CC2)C1. The van der Waals surface area contributed by atoms with Crippen molar-refractivity contribution in [2.24, 2.45) is 17.3 Å². The molecule has 1 atom stereocenters. The molecule has 0 bridgehead atoms. The van der Waals surface area contributed by atoms with Gasteiger partial charge in [0.25, 0.3) is 0 Å². The fraction of sp³-hybridized carbons (Fsp3) is 0.864. The van der Waals surface area contributed by atoms with Gasteiger partial charge in [0.2, 0.25) is 0 Å². The molecule has 0 aromatic carbocycles. The third-order valence-electron chi connectivity index (χ3n) is 7.18. The highest BCUT2D eigenvalue weighted by atomic mass is 16.3. The molecular formula is C22H37N3O. The first-order chi connectivity index (χ1) is 12.6. The summed E-state index contributed by atoms with van der Waals surface area (Å²) in [7, 11) is 0. The molecule has 4 nitrogen and oxygen atoms in total. The summed E-state index contributed by atoms with van der Waals surface area (Å²) in [5.41, 5.74) is 0.378. The summed E-state index contributed by atoms with van der Waals surface area (Å²) in [6.45, 7) is 12.1. The van der Waals surface area contributed by atoms with E-state index in [-0.39, 0.29) is 0 Å². The Kier molecular flexibility index (Phi) is 5.70. The van der Waals surface area contributed by atoms with Crippen LogP contribution < -0.4 is 0 Å². The third kappa shape index (κ3) is 4.01. The van der Waals surface area contributed by atoms with Gasteiger partial charge in [0.05, 0.1) is 12.1 Å². The average molecular weight is 360 g/mol. The summed E-state index contributed by atoms with van der Waals surface area (Å²) in [4.78, 5) is 10.0. The Hall–Kier alpha value is -0.870. The first-order valence-electron chi connectivity index (χ1n) is 11.0. The van der Waals surface area contributed by atoms with Gasteiger partial charge in [-0.15, -0.1) is 0 Å². The minimum Gasteiger partial charge on any atom is -0.449 e. The minimum atomic E-state index is 0.378. The van der Waals surface area contributed by atoms with Gasteiger partial charge in [-0.1, -0.05) is 33.1 Å². The van der Waals surface area contributed by atoms with E-state index >= 15 is 0 Å². The van der Waals surface area contributed by atoms with Crippen LogP contribution in [0.2, 0.25) is 0 Å². The van der Waals surface area contributed by atoms with Crippen LogP contribution in [0.1, 0.15) is 70.6 Å². The van der Waals surface area contributed by atoms with E-state index in [2.05, 4.69) is 28.6 Å². The number of oxazole rings is 1. The van der Waals surface area contributed by atoms with Gasteiger partial charge in [0.15, 0.2) is 5.89 Å². The van der Waals surface area contributed by atoms with E-state index in [4.69, 9.17) is 4.42 Å². The second-order valence-corrected chi connectivity index (χ2v) is 9.68.